The Bertz CT molecular complexity index is 890. The number of hydrogen-bond acceptors (Lipinski definition) is 5. The van der Waals surface area contributed by atoms with Gasteiger partial charge in [0.25, 0.3) is 0 Å². The molecule has 3 N–H and O–H groups in total. The quantitative estimate of drug-likeness (QED) is 0.805. The maximum Gasteiger partial charge on any atom is 0.407 e. The van der Waals surface area contributed by atoms with E-state index < -0.39 is 16.1 Å². The summed E-state index contributed by atoms with van der Waals surface area (Å²) in [5, 5.41) is 14.1. The molecular formula is C18H21N3O5S. The van der Waals surface area contributed by atoms with Crippen LogP contribution in [0.3, 0.4) is 0 Å². The first kappa shape index (κ1) is 19.1. The van der Waals surface area contributed by atoms with Crippen molar-refractivity contribution in [1.82, 2.24) is 9.88 Å². The number of amides is 1. The molecule has 1 aromatic carbocycles. The lowest BCUT2D eigenvalue weighted by Crippen LogP contribution is -2.36. The average Bonchev–Trinajstić information content (AvgIpc) is 2.66. The van der Waals surface area contributed by atoms with Crippen LogP contribution in [0.4, 0.5) is 4.79 Å². The summed E-state index contributed by atoms with van der Waals surface area (Å²) in [5.41, 5.74) is 1.85. The summed E-state index contributed by atoms with van der Waals surface area (Å²) in [6.45, 7) is 1.34. The zero-order chi connectivity index (χ0) is 19.4. The number of aromatic nitrogens is 1. The lowest BCUT2D eigenvalue weighted by Gasteiger charge is -2.30. The molecule has 144 valence electrons. The number of likely N-dealkylation sites (tertiary alicyclic amines) is 1. The molecule has 8 nitrogen and oxygen atoms in total. The maximum atomic E-state index is 11.2. The fourth-order valence-corrected chi connectivity index (χ4v) is 3.57. The highest BCUT2D eigenvalue weighted by atomic mass is 32.2. The van der Waals surface area contributed by atoms with Gasteiger partial charge in [0.2, 0.25) is 10.0 Å². The minimum Gasteiger partial charge on any atom is -0.487 e. The topological polar surface area (TPSA) is 123 Å². The number of piperidine rings is 1. The zero-order valence-electron chi connectivity index (χ0n) is 14.6. The predicted octanol–water partition coefficient (Wildman–Crippen LogP) is 2.17. The van der Waals surface area contributed by atoms with Crippen LogP contribution in [0.2, 0.25) is 0 Å². The number of carboxylic acid groups (broad SMARTS) is 1. The third kappa shape index (κ3) is 4.95. The normalized spacial score (nSPS) is 15.5. The van der Waals surface area contributed by atoms with Crippen molar-refractivity contribution >= 4 is 16.1 Å². The Kier molecular flexibility index (Phi) is 5.62. The summed E-state index contributed by atoms with van der Waals surface area (Å²) >= 11 is 0. The largest absolute Gasteiger partial charge is 0.487 e. The first-order valence-corrected chi connectivity index (χ1v) is 10.1. The van der Waals surface area contributed by atoms with E-state index in [2.05, 4.69) is 4.98 Å². The van der Waals surface area contributed by atoms with E-state index in [1.54, 1.807) is 12.1 Å². The number of sulfonamides is 1. The number of benzene rings is 1. The Morgan fingerprint density at radius 3 is 2.37 bits per heavy atom. The number of pyridine rings is 1. The summed E-state index contributed by atoms with van der Waals surface area (Å²) in [6, 6.07) is 9.76. The molecule has 0 atom stereocenters. The van der Waals surface area contributed by atoms with Gasteiger partial charge >= 0.3 is 6.09 Å². The van der Waals surface area contributed by atoms with E-state index in [9.17, 15) is 13.2 Å². The Morgan fingerprint density at radius 1 is 1.19 bits per heavy atom. The van der Waals surface area contributed by atoms with Crippen molar-refractivity contribution in [2.45, 2.75) is 30.3 Å². The first-order valence-electron chi connectivity index (χ1n) is 8.51. The van der Waals surface area contributed by atoms with Gasteiger partial charge in [-0.25, -0.2) is 18.4 Å². The molecule has 1 aliphatic heterocycles. The fraction of sp³-hybridized carbons (Fsp3) is 0.333. The molecule has 2 aromatic rings. The van der Waals surface area contributed by atoms with E-state index in [4.69, 9.17) is 15.0 Å². The number of ether oxygens (including phenoxy) is 1. The van der Waals surface area contributed by atoms with E-state index in [1.165, 1.54) is 17.0 Å². The van der Waals surface area contributed by atoms with Crippen molar-refractivity contribution in [3.05, 3.63) is 53.9 Å². The van der Waals surface area contributed by atoms with Gasteiger partial charge in [0.05, 0.1) is 10.6 Å². The molecular weight excluding hydrogens is 370 g/mol. The third-order valence-corrected chi connectivity index (χ3v) is 5.55. The molecule has 1 aliphatic rings. The second kappa shape index (κ2) is 7.93. The molecule has 27 heavy (non-hydrogen) atoms. The molecule has 0 radical (unpaired) electrons. The van der Waals surface area contributed by atoms with Crippen molar-refractivity contribution in [2.75, 3.05) is 13.1 Å². The van der Waals surface area contributed by atoms with Crippen LogP contribution >= 0.6 is 0 Å². The Labute approximate surface area is 157 Å². The minimum atomic E-state index is -3.71. The number of nitrogens with two attached hydrogens (primary N) is 1. The molecule has 2 heterocycles. The van der Waals surface area contributed by atoms with E-state index in [0.29, 0.717) is 24.8 Å². The molecule has 1 amide bonds. The third-order valence-electron chi connectivity index (χ3n) is 4.62. The van der Waals surface area contributed by atoms with Gasteiger partial charge < -0.3 is 14.7 Å². The molecule has 9 heteroatoms. The lowest BCUT2D eigenvalue weighted by atomic mass is 9.90. The number of carbonyl (C=O) groups is 1. The lowest BCUT2D eigenvalue weighted by molar-refractivity contribution is 0.132. The summed E-state index contributed by atoms with van der Waals surface area (Å²) in [4.78, 5) is 16.8. The van der Waals surface area contributed by atoms with Crippen LogP contribution < -0.4 is 9.88 Å². The number of primary sulfonamides is 1. The van der Waals surface area contributed by atoms with Gasteiger partial charge in [0.1, 0.15) is 12.4 Å². The van der Waals surface area contributed by atoms with E-state index in [-0.39, 0.29) is 11.5 Å². The Hall–Kier alpha value is -2.65. The highest BCUT2D eigenvalue weighted by Crippen LogP contribution is 2.27. The van der Waals surface area contributed by atoms with Crippen LogP contribution in [0.1, 0.15) is 30.0 Å². The molecule has 0 bridgehead atoms. The van der Waals surface area contributed by atoms with Crippen LogP contribution in [-0.2, 0) is 16.6 Å². The summed E-state index contributed by atoms with van der Waals surface area (Å²) in [6.07, 6.45) is 2.53. The Morgan fingerprint density at radius 2 is 1.85 bits per heavy atom. The second-order valence-electron chi connectivity index (χ2n) is 6.43. The van der Waals surface area contributed by atoms with E-state index in [1.807, 2.05) is 18.3 Å². The number of nitrogens with zero attached hydrogens (tertiary/aromatic N) is 2. The van der Waals surface area contributed by atoms with Crippen LogP contribution in [0.15, 0.2) is 47.5 Å². The average molecular weight is 391 g/mol. The van der Waals surface area contributed by atoms with Crippen molar-refractivity contribution in [1.29, 1.82) is 0 Å². The van der Waals surface area contributed by atoms with Crippen LogP contribution in [-0.4, -0.2) is 42.6 Å². The van der Waals surface area contributed by atoms with Gasteiger partial charge in [0.15, 0.2) is 0 Å². The SMILES string of the molecule is NS(=O)(=O)c1ccc(OCc2ccc(C3CCN(C(=O)O)CC3)cn2)cc1. The van der Waals surface area contributed by atoms with Gasteiger partial charge in [-0.2, -0.15) is 0 Å². The van der Waals surface area contributed by atoms with Crippen LogP contribution in [0, 0.1) is 0 Å². The molecule has 1 aromatic heterocycles. The predicted molar refractivity (Wildman–Crippen MR) is 98.0 cm³/mol. The van der Waals surface area contributed by atoms with Gasteiger partial charge in [-0.1, -0.05) is 6.07 Å². The summed E-state index contributed by atoms with van der Waals surface area (Å²) < 4.78 is 28.1. The van der Waals surface area contributed by atoms with Gasteiger partial charge in [-0.05, 0) is 54.7 Å². The standard InChI is InChI=1S/C18H21N3O5S/c19-27(24,25)17-5-3-16(4-6-17)26-12-15-2-1-14(11-20-15)13-7-9-21(10-8-13)18(22)23/h1-6,11,13H,7-10,12H2,(H,22,23)(H2,19,24,25). The van der Waals surface area contributed by atoms with Gasteiger partial charge in [-0.3, -0.25) is 4.98 Å². The van der Waals surface area contributed by atoms with Gasteiger partial charge in [0, 0.05) is 19.3 Å². The molecule has 1 fully saturated rings. The highest BCUT2D eigenvalue weighted by molar-refractivity contribution is 7.89. The number of hydrogen-bond donors (Lipinski definition) is 2. The monoisotopic (exact) mass is 391 g/mol. The van der Waals surface area contributed by atoms with E-state index in [0.717, 1.165) is 24.1 Å². The molecule has 0 aliphatic carbocycles. The van der Waals surface area contributed by atoms with Crippen molar-refractivity contribution < 1.29 is 23.1 Å². The molecule has 0 spiro atoms. The van der Waals surface area contributed by atoms with Crippen LogP contribution in [0.5, 0.6) is 5.75 Å². The number of rotatable bonds is 5. The minimum absolute atomic E-state index is 0.0336. The molecule has 3 rings (SSSR count). The molecule has 0 saturated carbocycles. The zero-order valence-corrected chi connectivity index (χ0v) is 15.4. The smallest absolute Gasteiger partial charge is 0.407 e. The second-order valence-corrected chi connectivity index (χ2v) is 7.99. The van der Waals surface area contributed by atoms with Crippen molar-refractivity contribution in [3.8, 4) is 5.75 Å². The summed E-state index contributed by atoms with van der Waals surface area (Å²) in [5.74, 6) is 0.836. The van der Waals surface area contributed by atoms with Crippen LogP contribution in [0.25, 0.3) is 0 Å². The Balaban J connectivity index is 1.54. The fourth-order valence-electron chi connectivity index (χ4n) is 3.05. The van der Waals surface area contributed by atoms with Crippen molar-refractivity contribution in [2.24, 2.45) is 5.14 Å². The molecule has 0 unspecified atom stereocenters. The first-order chi connectivity index (χ1) is 12.8. The maximum absolute atomic E-state index is 11.2. The summed E-state index contributed by atoms with van der Waals surface area (Å²) in [7, 11) is -3.71. The van der Waals surface area contributed by atoms with E-state index >= 15 is 0 Å². The van der Waals surface area contributed by atoms with Gasteiger partial charge in [-0.15, -0.1) is 0 Å². The highest BCUT2D eigenvalue weighted by Gasteiger charge is 2.23. The molecule has 1 saturated heterocycles. The van der Waals surface area contributed by atoms with Crippen molar-refractivity contribution in [3.63, 3.8) is 0 Å².